The molecule has 0 saturated carbocycles. The molecule has 0 atom stereocenters. The minimum atomic E-state index is -0.0521. The SMILES string of the molecule is COc1ccc(C(=O)c2cc(N)c(C)cc2C)c(Br)c1. The molecule has 2 rings (SSSR count). The summed E-state index contributed by atoms with van der Waals surface area (Å²) in [5.41, 5.74) is 9.65. The lowest BCUT2D eigenvalue weighted by molar-refractivity contribution is 0.103. The second kappa shape index (κ2) is 5.67. The highest BCUT2D eigenvalue weighted by Crippen LogP contribution is 2.27. The van der Waals surface area contributed by atoms with Gasteiger partial charge in [-0.2, -0.15) is 0 Å². The largest absolute Gasteiger partial charge is 0.497 e. The number of carbonyl (C=O) groups excluding carboxylic acids is 1. The minimum Gasteiger partial charge on any atom is -0.497 e. The average Bonchev–Trinajstić information content (AvgIpc) is 2.42. The van der Waals surface area contributed by atoms with Crippen molar-refractivity contribution in [1.82, 2.24) is 0 Å². The number of anilines is 1. The minimum absolute atomic E-state index is 0.0521. The van der Waals surface area contributed by atoms with Crippen LogP contribution in [0.25, 0.3) is 0 Å². The maximum atomic E-state index is 12.6. The van der Waals surface area contributed by atoms with Gasteiger partial charge >= 0.3 is 0 Å². The lowest BCUT2D eigenvalue weighted by Gasteiger charge is -2.11. The molecule has 0 radical (unpaired) electrons. The molecule has 0 unspecified atom stereocenters. The molecular formula is C16H16BrNO2. The third-order valence-corrected chi connectivity index (χ3v) is 3.93. The standard InChI is InChI=1S/C16H16BrNO2/c1-9-6-10(2)15(18)8-13(9)16(19)12-5-4-11(20-3)7-14(12)17/h4-8H,18H2,1-3H3. The molecule has 4 heteroatoms. The summed E-state index contributed by atoms with van der Waals surface area (Å²) < 4.78 is 5.84. The average molecular weight is 334 g/mol. The van der Waals surface area contributed by atoms with E-state index in [0.29, 0.717) is 27.0 Å². The fourth-order valence-electron chi connectivity index (χ4n) is 2.07. The van der Waals surface area contributed by atoms with Crippen molar-refractivity contribution in [2.45, 2.75) is 13.8 Å². The van der Waals surface area contributed by atoms with Crippen molar-refractivity contribution in [3.8, 4) is 5.75 Å². The lowest BCUT2D eigenvalue weighted by Crippen LogP contribution is -2.06. The first-order chi connectivity index (χ1) is 9.43. The Labute approximate surface area is 126 Å². The van der Waals surface area contributed by atoms with Gasteiger partial charge in [0.05, 0.1) is 7.11 Å². The van der Waals surface area contributed by atoms with E-state index in [9.17, 15) is 4.79 Å². The maximum Gasteiger partial charge on any atom is 0.194 e. The van der Waals surface area contributed by atoms with Gasteiger partial charge in [-0.15, -0.1) is 0 Å². The number of halogens is 1. The van der Waals surface area contributed by atoms with E-state index in [-0.39, 0.29) is 5.78 Å². The fraction of sp³-hybridized carbons (Fsp3) is 0.188. The molecular weight excluding hydrogens is 318 g/mol. The Bertz CT molecular complexity index is 680. The summed E-state index contributed by atoms with van der Waals surface area (Å²) in [7, 11) is 1.59. The van der Waals surface area contributed by atoms with Crippen LogP contribution in [0.15, 0.2) is 34.8 Å². The number of hydrogen-bond donors (Lipinski definition) is 1. The number of nitrogens with two attached hydrogens (primary N) is 1. The molecule has 0 spiro atoms. The second-order valence-electron chi connectivity index (χ2n) is 4.70. The first kappa shape index (κ1) is 14.6. The number of ketones is 1. The predicted molar refractivity (Wildman–Crippen MR) is 84.5 cm³/mol. The Kier molecular flexibility index (Phi) is 4.14. The van der Waals surface area contributed by atoms with Gasteiger partial charge in [0.2, 0.25) is 0 Å². The molecule has 0 aromatic heterocycles. The van der Waals surface area contributed by atoms with Gasteiger partial charge in [-0.1, -0.05) is 6.07 Å². The van der Waals surface area contributed by atoms with Crippen molar-refractivity contribution in [2.75, 3.05) is 12.8 Å². The molecule has 3 nitrogen and oxygen atoms in total. The highest BCUT2D eigenvalue weighted by atomic mass is 79.9. The van der Waals surface area contributed by atoms with Crippen LogP contribution >= 0.6 is 15.9 Å². The Morgan fingerprint density at radius 1 is 1.10 bits per heavy atom. The Morgan fingerprint density at radius 2 is 1.80 bits per heavy atom. The molecule has 0 aliphatic heterocycles. The summed E-state index contributed by atoms with van der Waals surface area (Å²) >= 11 is 3.41. The second-order valence-corrected chi connectivity index (χ2v) is 5.55. The van der Waals surface area contributed by atoms with Crippen LogP contribution in [-0.4, -0.2) is 12.9 Å². The molecule has 0 aliphatic carbocycles. The normalized spacial score (nSPS) is 10.4. The Balaban J connectivity index is 2.49. The van der Waals surface area contributed by atoms with Crippen LogP contribution in [-0.2, 0) is 0 Å². The number of methoxy groups -OCH3 is 1. The summed E-state index contributed by atoms with van der Waals surface area (Å²) in [4.78, 5) is 12.6. The Hall–Kier alpha value is -1.81. The zero-order valence-electron chi connectivity index (χ0n) is 11.7. The van der Waals surface area contributed by atoms with Crippen LogP contribution in [0.3, 0.4) is 0 Å². The van der Waals surface area contributed by atoms with Crippen molar-refractivity contribution in [2.24, 2.45) is 0 Å². The van der Waals surface area contributed by atoms with E-state index < -0.39 is 0 Å². The smallest absolute Gasteiger partial charge is 0.194 e. The van der Waals surface area contributed by atoms with Gasteiger partial charge in [-0.05, 0) is 65.2 Å². The van der Waals surface area contributed by atoms with Gasteiger partial charge < -0.3 is 10.5 Å². The lowest BCUT2D eigenvalue weighted by atomic mass is 9.96. The number of ether oxygens (including phenoxy) is 1. The molecule has 0 fully saturated rings. The molecule has 104 valence electrons. The third-order valence-electron chi connectivity index (χ3n) is 3.28. The molecule has 2 aromatic rings. The van der Waals surface area contributed by atoms with E-state index >= 15 is 0 Å². The van der Waals surface area contributed by atoms with Crippen LogP contribution in [0.2, 0.25) is 0 Å². The molecule has 0 amide bonds. The number of carbonyl (C=O) groups is 1. The van der Waals surface area contributed by atoms with Gasteiger partial charge in [0.25, 0.3) is 0 Å². The predicted octanol–water partition coefficient (Wildman–Crippen LogP) is 3.89. The summed E-state index contributed by atoms with van der Waals surface area (Å²) in [6, 6.07) is 8.97. The zero-order chi connectivity index (χ0) is 14.9. The number of hydrogen-bond acceptors (Lipinski definition) is 3. The number of rotatable bonds is 3. The van der Waals surface area contributed by atoms with Crippen LogP contribution in [0, 0.1) is 13.8 Å². The van der Waals surface area contributed by atoms with E-state index in [0.717, 1.165) is 11.1 Å². The third kappa shape index (κ3) is 2.70. The Morgan fingerprint density at radius 3 is 2.40 bits per heavy atom. The van der Waals surface area contributed by atoms with Crippen LogP contribution < -0.4 is 10.5 Å². The number of aryl methyl sites for hydroxylation is 2. The summed E-state index contributed by atoms with van der Waals surface area (Å²) in [5.74, 6) is 0.650. The summed E-state index contributed by atoms with van der Waals surface area (Å²) in [6.45, 7) is 3.84. The van der Waals surface area contributed by atoms with E-state index in [2.05, 4.69) is 15.9 Å². The van der Waals surface area contributed by atoms with Crippen LogP contribution in [0.5, 0.6) is 5.75 Å². The van der Waals surface area contributed by atoms with E-state index in [1.54, 1.807) is 31.4 Å². The van der Waals surface area contributed by atoms with Gasteiger partial charge in [0, 0.05) is 21.3 Å². The van der Waals surface area contributed by atoms with Crippen molar-refractivity contribution in [3.63, 3.8) is 0 Å². The summed E-state index contributed by atoms with van der Waals surface area (Å²) in [6.07, 6.45) is 0. The van der Waals surface area contributed by atoms with Crippen LogP contribution in [0.1, 0.15) is 27.0 Å². The summed E-state index contributed by atoms with van der Waals surface area (Å²) in [5, 5.41) is 0. The first-order valence-corrected chi connectivity index (χ1v) is 6.98. The van der Waals surface area contributed by atoms with Gasteiger partial charge in [0.1, 0.15) is 5.75 Å². The quantitative estimate of drug-likeness (QED) is 0.684. The fourth-order valence-corrected chi connectivity index (χ4v) is 2.60. The molecule has 0 aliphatic rings. The van der Waals surface area contributed by atoms with Gasteiger partial charge in [0.15, 0.2) is 5.78 Å². The van der Waals surface area contributed by atoms with E-state index in [1.165, 1.54) is 0 Å². The monoisotopic (exact) mass is 333 g/mol. The number of benzene rings is 2. The first-order valence-electron chi connectivity index (χ1n) is 6.19. The van der Waals surface area contributed by atoms with Crippen molar-refractivity contribution < 1.29 is 9.53 Å². The number of nitrogen functional groups attached to an aromatic ring is 1. The van der Waals surface area contributed by atoms with E-state index in [1.807, 2.05) is 19.9 Å². The highest BCUT2D eigenvalue weighted by molar-refractivity contribution is 9.10. The van der Waals surface area contributed by atoms with Gasteiger partial charge in [-0.3, -0.25) is 4.79 Å². The highest BCUT2D eigenvalue weighted by Gasteiger charge is 2.16. The van der Waals surface area contributed by atoms with Crippen molar-refractivity contribution >= 4 is 27.4 Å². The molecule has 2 N–H and O–H groups in total. The molecule has 20 heavy (non-hydrogen) atoms. The van der Waals surface area contributed by atoms with Crippen molar-refractivity contribution in [1.29, 1.82) is 0 Å². The topological polar surface area (TPSA) is 52.3 Å². The zero-order valence-corrected chi connectivity index (χ0v) is 13.2. The molecule has 0 saturated heterocycles. The van der Waals surface area contributed by atoms with E-state index in [4.69, 9.17) is 10.5 Å². The molecule has 0 heterocycles. The molecule has 2 aromatic carbocycles. The van der Waals surface area contributed by atoms with Gasteiger partial charge in [-0.25, -0.2) is 0 Å². The van der Waals surface area contributed by atoms with Crippen molar-refractivity contribution in [3.05, 3.63) is 57.1 Å². The van der Waals surface area contributed by atoms with Crippen LogP contribution in [0.4, 0.5) is 5.69 Å². The maximum absolute atomic E-state index is 12.6. The molecule has 0 bridgehead atoms.